The van der Waals surface area contributed by atoms with Gasteiger partial charge in [0.25, 0.3) is 6.08 Å². The highest BCUT2D eigenvalue weighted by Gasteiger charge is 2.68. The Morgan fingerprint density at radius 1 is 1.17 bits per heavy atom. The molecule has 5 aliphatic rings. The Kier molecular flexibility index (Phi) is 4.89. The predicted molar refractivity (Wildman–Crippen MR) is 125 cm³/mol. The maximum Gasteiger partial charge on any atom is 0.319 e. The number of fused-ring (bicyclic) bond motifs is 4. The van der Waals surface area contributed by atoms with Crippen LogP contribution >= 0.6 is 0 Å². The molecule has 2 aliphatic carbocycles. The van der Waals surface area contributed by atoms with Crippen LogP contribution in [0.15, 0.2) is 17.9 Å². The summed E-state index contributed by atoms with van der Waals surface area (Å²) in [6, 6.07) is -0.273. The highest BCUT2D eigenvalue weighted by Crippen LogP contribution is 2.66. The first-order valence-electron chi connectivity index (χ1n) is 13.0. The van der Waals surface area contributed by atoms with Crippen molar-refractivity contribution in [3.8, 4) is 6.01 Å². The number of nitrogens with zero attached hydrogens (tertiary/aromatic N) is 5. The van der Waals surface area contributed by atoms with Gasteiger partial charge in [-0.15, -0.1) is 0 Å². The average molecular weight is 504 g/mol. The van der Waals surface area contributed by atoms with Gasteiger partial charge in [-0.3, -0.25) is 9.88 Å². The molecule has 5 fully saturated rings. The van der Waals surface area contributed by atoms with Crippen LogP contribution in [0.5, 0.6) is 6.01 Å². The fourth-order valence-corrected chi connectivity index (χ4v) is 7.28. The normalized spacial score (nSPS) is 32.5. The van der Waals surface area contributed by atoms with E-state index in [1.807, 2.05) is 4.90 Å². The highest BCUT2D eigenvalue weighted by molar-refractivity contribution is 5.90. The van der Waals surface area contributed by atoms with Gasteiger partial charge < -0.3 is 9.64 Å². The number of anilines is 1. The van der Waals surface area contributed by atoms with Crippen LogP contribution in [-0.2, 0) is 0 Å². The van der Waals surface area contributed by atoms with Crippen LogP contribution in [0.4, 0.5) is 23.4 Å². The van der Waals surface area contributed by atoms with Gasteiger partial charge in [0.05, 0.1) is 22.7 Å². The van der Waals surface area contributed by atoms with E-state index in [1.165, 1.54) is 0 Å². The fourth-order valence-electron chi connectivity index (χ4n) is 7.28. The fraction of sp³-hybridized carbons (Fsp3) is 0.654. The molecule has 0 amide bonds. The van der Waals surface area contributed by atoms with Crippen molar-refractivity contribution >= 4 is 16.7 Å². The molecule has 0 N–H and O–H groups in total. The molecule has 3 aliphatic heterocycles. The molecular formula is C26H29F4N5O. The molecular weight excluding hydrogens is 474 g/mol. The summed E-state index contributed by atoms with van der Waals surface area (Å²) in [5, 5.41) is 0.440. The minimum absolute atomic E-state index is 0.00836. The second-order valence-electron chi connectivity index (χ2n) is 11.4. The Labute approximate surface area is 206 Å². The maximum atomic E-state index is 15.2. The summed E-state index contributed by atoms with van der Waals surface area (Å²) in [7, 11) is 0. The van der Waals surface area contributed by atoms with Gasteiger partial charge in [-0.05, 0) is 57.4 Å². The van der Waals surface area contributed by atoms with Gasteiger partial charge in [0.15, 0.2) is 5.82 Å². The first-order valence-corrected chi connectivity index (χ1v) is 13.0. The van der Waals surface area contributed by atoms with Gasteiger partial charge >= 0.3 is 6.01 Å². The van der Waals surface area contributed by atoms with Crippen molar-refractivity contribution in [2.75, 3.05) is 31.1 Å². The Morgan fingerprint density at radius 2 is 2.00 bits per heavy atom. The number of hydrogen-bond donors (Lipinski definition) is 0. The van der Waals surface area contributed by atoms with Gasteiger partial charge in [-0.1, -0.05) is 6.42 Å². The van der Waals surface area contributed by atoms with Gasteiger partial charge in [0.2, 0.25) is 0 Å². The molecule has 192 valence electrons. The first-order chi connectivity index (χ1) is 17.3. The zero-order chi connectivity index (χ0) is 24.8. The second kappa shape index (κ2) is 7.76. The van der Waals surface area contributed by atoms with Gasteiger partial charge in [0.1, 0.15) is 24.1 Å². The predicted octanol–water partition coefficient (Wildman–Crippen LogP) is 4.96. The lowest BCUT2D eigenvalue weighted by atomic mass is 9.80. The molecule has 0 radical (unpaired) electrons. The van der Waals surface area contributed by atoms with Crippen molar-refractivity contribution < 1.29 is 22.3 Å². The van der Waals surface area contributed by atoms with Gasteiger partial charge in [0, 0.05) is 30.8 Å². The van der Waals surface area contributed by atoms with E-state index in [0.29, 0.717) is 17.7 Å². The Bertz CT molecular complexity index is 1280. The average Bonchev–Trinajstić information content (AvgIpc) is 3.72. The minimum Gasteiger partial charge on any atom is -0.461 e. The molecule has 6 nitrogen and oxygen atoms in total. The van der Waals surface area contributed by atoms with Crippen LogP contribution in [0, 0.1) is 24.1 Å². The molecule has 0 bridgehead atoms. The van der Waals surface area contributed by atoms with E-state index in [2.05, 4.69) is 19.9 Å². The smallest absolute Gasteiger partial charge is 0.319 e. The largest absolute Gasteiger partial charge is 0.461 e. The van der Waals surface area contributed by atoms with Crippen molar-refractivity contribution in [1.29, 1.82) is 0 Å². The third kappa shape index (κ3) is 3.15. The molecule has 3 saturated heterocycles. The van der Waals surface area contributed by atoms with Crippen molar-refractivity contribution in [1.82, 2.24) is 19.9 Å². The number of hydrogen-bond acceptors (Lipinski definition) is 6. The zero-order valence-electron chi connectivity index (χ0n) is 20.2. The molecule has 10 heteroatoms. The van der Waals surface area contributed by atoms with E-state index < -0.39 is 23.6 Å². The molecule has 36 heavy (non-hydrogen) atoms. The van der Waals surface area contributed by atoms with Crippen LogP contribution < -0.4 is 9.64 Å². The van der Waals surface area contributed by atoms with E-state index in [-0.39, 0.29) is 59.7 Å². The van der Waals surface area contributed by atoms with E-state index in [4.69, 9.17) is 4.74 Å². The van der Waals surface area contributed by atoms with Crippen molar-refractivity contribution in [2.45, 2.75) is 69.6 Å². The number of rotatable bonds is 4. The summed E-state index contributed by atoms with van der Waals surface area (Å²) >= 11 is 0. The van der Waals surface area contributed by atoms with Crippen molar-refractivity contribution in [3.05, 3.63) is 29.4 Å². The van der Waals surface area contributed by atoms with Crippen LogP contribution in [0.3, 0.4) is 0 Å². The van der Waals surface area contributed by atoms with Crippen LogP contribution in [0.25, 0.3) is 10.9 Å². The molecule has 1 spiro atoms. The second-order valence-corrected chi connectivity index (χ2v) is 11.4. The van der Waals surface area contributed by atoms with Crippen molar-refractivity contribution in [2.24, 2.45) is 11.3 Å². The van der Waals surface area contributed by atoms with Crippen LogP contribution in [0.1, 0.15) is 50.6 Å². The molecule has 2 aromatic heterocycles. The standard InChI is InChI=1S/C26H29F4N5O/c1-14-18(27)20-17(11-31-14)23(35-8-3-2-4-16-19(28)21(16)35)33-24(32-20)36-13-26-10-15(22(29)30)12-34(26)9-7-25(26)5-6-25/h11,16,19,21H,2-10,12-13H2,1H3/t16?,19?,21?,26-/m0/s1. The number of alkyl halides is 1. The van der Waals surface area contributed by atoms with Gasteiger partial charge in [-0.25, -0.2) is 8.78 Å². The maximum absolute atomic E-state index is 15.2. The number of pyridine rings is 1. The third-order valence-electron chi connectivity index (χ3n) is 9.57. The van der Waals surface area contributed by atoms with Gasteiger partial charge in [-0.2, -0.15) is 18.7 Å². The Balaban J connectivity index is 1.27. The van der Waals surface area contributed by atoms with E-state index in [1.54, 1.807) is 13.1 Å². The lowest BCUT2D eigenvalue weighted by Gasteiger charge is -2.36. The first kappa shape index (κ1) is 22.7. The summed E-state index contributed by atoms with van der Waals surface area (Å²) in [5.74, 6) is -0.142. The number of aromatic nitrogens is 3. The summed E-state index contributed by atoms with van der Waals surface area (Å²) in [6.07, 6.45) is 4.92. The molecule has 5 heterocycles. The van der Waals surface area contributed by atoms with Crippen LogP contribution in [-0.4, -0.2) is 63.8 Å². The quantitative estimate of drug-likeness (QED) is 0.550. The lowest BCUT2D eigenvalue weighted by Crippen LogP contribution is -2.49. The molecule has 0 aromatic carbocycles. The zero-order valence-corrected chi connectivity index (χ0v) is 20.2. The topological polar surface area (TPSA) is 54.4 Å². The molecule has 2 saturated carbocycles. The Hall–Kier alpha value is -2.49. The molecule has 2 aromatic rings. The summed E-state index contributed by atoms with van der Waals surface area (Å²) in [5.41, 5.74) is -0.0594. The van der Waals surface area contributed by atoms with Crippen LogP contribution in [0.2, 0.25) is 0 Å². The third-order valence-corrected chi connectivity index (χ3v) is 9.57. The van der Waals surface area contributed by atoms with E-state index in [0.717, 1.165) is 45.1 Å². The number of ether oxygens (including phenoxy) is 1. The molecule has 7 rings (SSSR count). The molecule has 4 atom stereocenters. The molecule has 3 unspecified atom stereocenters. The Morgan fingerprint density at radius 3 is 2.78 bits per heavy atom. The number of aryl methyl sites for hydroxylation is 1. The summed E-state index contributed by atoms with van der Waals surface area (Å²) in [4.78, 5) is 17.3. The van der Waals surface area contributed by atoms with E-state index >= 15 is 4.39 Å². The highest BCUT2D eigenvalue weighted by atomic mass is 19.3. The number of halogens is 4. The summed E-state index contributed by atoms with van der Waals surface area (Å²) < 4.78 is 63.2. The lowest BCUT2D eigenvalue weighted by molar-refractivity contribution is 0.0648. The van der Waals surface area contributed by atoms with Crippen molar-refractivity contribution in [3.63, 3.8) is 0 Å². The monoisotopic (exact) mass is 503 g/mol. The minimum atomic E-state index is -1.60. The summed E-state index contributed by atoms with van der Waals surface area (Å²) in [6.45, 7) is 3.37. The van der Waals surface area contributed by atoms with E-state index in [9.17, 15) is 13.2 Å². The SMILES string of the molecule is Cc1ncc2c(N3CCCCC4C(F)C43)nc(OC[C@]34CC(=C(F)F)CN3CCC43CC3)nc2c1F.